The zero-order valence-electron chi connectivity index (χ0n) is 32.3. The summed E-state index contributed by atoms with van der Waals surface area (Å²) in [5.41, 5.74) is 5.94. The van der Waals surface area contributed by atoms with Crippen molar-refractivity contribution < 1.29 is 14.6 Å². The van der Waals surface area contributed by atoms with Gasteiger partial charge in [-0.1, -0.05) is 84.9 Å². The first-order valence-electron chi connectivity index (χ1n) is 18.5. The van der Waals surface area contributed by atoms with Gasteiger partial charge in [0.1, 0.15) is 11.5 Å². The number of hydrogen-bond acceptors (Lipinski definition) is 4. The monoisotopic (exact) mass is 731 g/mol. The van der Waals surface area contributed by atoms with Crippen molar-refractivity contribution in [3.8, 4) is 11.5 Å². The second kappa shape index (κ2) is 16.7. The third-order valence-electron chi connectivity index (χ3n) is 11.2. The van der Waals surface area contributed by atoms with Gasteiger partial charge in [0.15, 0.2) is 0 Å². The van der Waals surface area contributed by atoms with Gasteiger partial charge in [0.2, 0.25) is 0 Å². The number of aliphatic hydroxyl groups excluding tert-OH is 1. The molecular weight excluding hydrogens is 676 g/mol. The Labute approximate surface area is 314 Å². The van der Waals surface area contributed by atoms with Crippen LogP contribution in [-0.4, -0.2) is 50.0 Å². The van der Waals surface area contributed by atoms with Crippen LogP contribution in [0.25, 0.3) is 0 Å². The van der Waals surface area contributed by atoms with Crippen molar-refractivity contribution in [1.29, 1.82) is 0 Å². The maximum absolute atomic E-state index is 13.2. The van der Waals surface area contributed by atoms with Crippen LogP contribution in [0.2, 0.25) is 0 Å². The lowest BCUT2D eigenvalue weighted by molar-refractivity contribution is 0.0616. The molecule has 6 heteroatoms. The van der Waals surface area contributed by atoms with E-state index in [4.69, 9.17) is 9.47 Å². The molecule has 1 N–H and O–H groups in total. The van der Waals surface area contributed by atoms with Gasteiger partial charge in [-0.2, -0.15) is 0 Å². The normalized spacial score (nSPS) is 18.6. The lowest BCUT2D eigenvalue weighted by Gasteiger charge is -2.40. The van der Waals surface area contributed by atoms with Crippen molar-refractivity contribution >= 4 is 42.4 Å². The molecule has 5 atom stereocenters. The molecule has 6 rings (SSSR count). The second-order valence-electron chi connectivity index (χ2n) is 14.7. The summed E-state index contributed by atoms with van der Waals surface area (Å²) in [6, 6.07) is 40.2. The van der Waals surface area contributed by atoms with Crippen LogP contribution in [0, 0.1) is 39.5 Å². The van der Waals surface area contributed by atoms with E-state index in [1.54, 1.807) is 14.2 Å². The highest BCUT2D eigenvalue weighted by Crippen LogP contribution is 2.57. The molecule has 272 valence electrons. The number of ether oxygens (including phenoxy) is 2. The average Bonchev–Trinajstić information content (AvgIpc) is 3.56. The fourth-order valence-electron chi connectivity index (χ4n) is 8.76. The van der Waals surface area contributed by atoms with Crippen molar-refractivity contribution in [2.24, 2.45) is 11.8 Å². The van der Waals surface area contributed by atoms with E-state index < -0.39 is 21.9 Å². The standard InChI is InChI=1S/C46H55NO3P2/c1-30-26-37(27-31(2)45(30)49-8)52(38-28-32(3)46(50-9)33(4)29-38)42-25-24-39(34(5)47(6)7)43(42)44(48)40-22-16-17-23-41(40)51(35-18-12-10-13-19-35)36-20-14-11-15-21-36/h10-23,26-29,34,39,42-44,48H,24-25H2,1-9H3/t34?,39?,42?,43?,44-/m0/s1. The Morgan fingerprint density at radius 3 is 1.52 bits per heavy atom. The van der Waals surface area contributed by atoms with E-state index in [2.05, 4.69) is 163 Å². The van der Waals surface area contributed by atoms with Crippen LogP contribution in [0.4, 0.5) is 0 Å². The predicted octanol–water partition coefficient (Wildman–Crippen LogP) is 8.21. The van der Waals surface area contributed by atoms with Crippen molar-refractivity contribution in [3.63, 3.8) is 0 Å². The fraction of sp³-hybridized carbons (Fsp3) is 0.348. The van der Waals surface area contributed by atoms with E-state index in [1.807, 2.05) is 0 Å². The SMILES string of the molecule is COc1c(C)cc(P(c2cc(C)c(OC)c(C)c2)C2CCC(C(C)N(C)C)C2[C@@H](O)c2ccccc2P(c2ccccc2)c2ccccc2)cc1C. The molecular formula is C46H55NO3P2. The predicted molar refractivity (Wildman–Crippen MR) is 224 cm³/mol. The molecule has 1 fully saturated rings. The Balaban J connectivity index is 1.56. The Morgan fingerprint density at radius 2 is 1.08 bits per heavy atom. The molecule has 0 radical (unpaired) electrons. The Hall–Kier alpha value is -3.52. The summed E-state index contributed by atoms with van der Waals surface area (Å²) in [6.45, 7) is 11.0. The summed E-state index contributed by atoms with van der Waals surface area (Å²) in [6.07, 6.45) is 1.49. The van der Waals surface area contributed by atoms with Crippen LogP contribution in [0.1, 0.15) is 53.7 Å². The van der Waals surface area contributed by atoms with Gasteiger partial charge >= 0.3 is 0 Å². The first-order valence-corrected chi connectivity index (χ1v) is 21.2. The summed E-state index contributed by atoms with van der Waals surface area (Å²) >= 11 is 0. The molecule has 0 aliphatic heterocycles. The third kappa shape index (κ3) is 7.60. The second-order valence-corrected chi connectivity index (χ2v) is 19.3. The number of aryl methyl sites for hydroxylation is 4. The zero-order chi connectivity index (χ0) is 37.1. The summed E-state index contributed by atoms with van der Waals surface area (Å²) < 4.78 is 11.7. The maximum atomic E-state index is 13.2. The van der Waals surface area contributed by atoms with Gasteiger partial charge < -0.3 is 19.5 Å². The topological polar surface area (TPSA) is 41.9 Å². The number of rotatable bonds is 12. The molecule has 1 aliphatic rings. The van der Waals surface area contributed by atoms with Crippen LogP contribution in [-0.2, 0) is 0 Å². The van der Waals surface area contributed by atoms with Gasteiger partial charge in [0.25, 0.3) is 0 Å². The lowest BCUT2D eigenvalue weighted by atomic mass is 9.82. The first-order chi connectivity index (χ1) is 25.0. The molecule has 0 bridgehead atoms. The molecule has 0 amide bonds. The van der Waals surface area contributed by atoms with Crippen LogP contribution in [0.5, 0.6) is 11.5 Å². The lowest BCUT2D eigenvalue weighted by Crippen LogP contribution is -2.40. The fourth-order valence-corrected chi connectivity index (χ4v) is 14.8. The molecule has 4 unspecified atom stereocenters. The summed E-state index contributed by atoms with van der Waals surface area (Å²) in [4.78, 5) is 2.35. The van der Waals surface area contributed by atoms with Crippen LogP contribution in [0.15, 0.2) is 109 Å². The van der Waals surface area contributed by atoms with E-state index in [0.717, 1.165) is 52.2 Å². The molecule has 5 aromatic carbocycles. The van der Waals surface area contributed by atoms with Crippen molar-refractivity contribution in [3.05, 3.63) is 137 Å². The van der Waals surface area contributed by atoms with Gasteiger partial charge in [-0.25, -0.2) is 0 Å². The minimum Gasteiger partial charge on any atom is -0.496 e. The first kappa shape index (κ1) is 38.2. The number of methoxy groups -OCH3 is 2. The Kier molecular flexibility index (Phi) is 12.2. The molecule has 5 aromatic rings. The molecule has 0 saturated heterocycles. The number of nitrogens with zero attached hydrogens (tertiary/aromatic N) is 1. The van der Waals surface area contributed by atoms with Crippen molar-refractivity contribution in [2.75, 3.05) is 28.3 Å². The van der Waals surface area contributed by atoms with Crippen LogP contribution >= 0.6 is 15.8 Å². The number of hydrogen-bond donors (Lipinski definition) is 1. The highest BCUT2D eigenvalue weighted by molar-refractivity contribution is 7.80. The number of aliphatic hydroxyl groups is 1. The molecule has 0 spiro atoms. The largest absolute Gasteiger partial charge is 0.496 e. The molecule has 4 nitrogen and oxygen atoms in total. The van der Waals surface area contributed by atoms with Crippen LogP contribution < -0.4 is 36.0 Å². The third-order valence-corrected chi connectivity index (χ3v) is 16.7. The van der Waals surface area contributed by atoms with Crippen molar-refractivity contribution in [2.45, 2.75) is 65.3 Å². The molecule has 52 heavy (non-hydrogen) atoms. The van der Waals surface area contributed by atoms with E-state index in [1.165, 1.54) is 26.5 Å². The van der Waals surface area contributed by atoms with Gasteiger partial charge in [0.05, 0.1) is 20.3 Å². The highest BCUT2D eigenvalue weighted by atomic mass is 31.1. The molecule has 0 aromatic heterocycles. The van der Waals surface area contributed by atoms with E-state index in [-0.39, 0.29) is 11.6 Å². The van der Waals surface area contributed by atoms with E-state index >= 15 is 0 Å². The van der Waals surface area contributed by atoms with Gasteiger partial charge in [-0.05, 0) is 168 Å². The number of benzene rings is 5. The smallest absolute Gasteiger partial charge is 0.124 e. The van der Waals surface area contributed by atoms with Crippen LogP contribution in [0.3, 0.4) is 0 Å². The minimum absolute atomic E-state index is 0.0403. The molecule has 0 heterocycles. The quantitative estimate of drug-likeness (QED) is 0.132. The highest BCUT2D eigenvalue weighted by Gasteiger charge is 2.48. The average molecular weight is 732 g/mol. The maximum Gasteiger partial charge on any atom is 0.124 e. The summed E-state index contributed by atoms with van der Waals surface area (Å²) in [7, 11) is 6.13. The Morgan fingerprint density at radius 1 is 0.635 bits per heavy atom. The van der Waals surface area contributed by atoms with Gasteiger partial charge in [-0.15, -0.1) is 0 Å². The minimum atomic E-state index is -0.894. The summed E-state index contributed by atoms with van der Waals surface area (Å²) in [5, 5.41) is 19.7. The zero-order valence-corrected chi connectivity index (χ0v) is 34.1. The summed E-state index contributed by atoms with van der Waals surface area (Å²) in [5.74, 6) is 2.26. The van der Waals surface area contributed by atoms with Gasteiger partial charge in [0, 0.05) is 12.0 Å². The van der Waals surface area contributed by atoms with Gasteiger partial charge in [-0.3, -0.25) is 0 Å². The molecule has 1 saturated carbocycles. The Bertz CT molecular complexity index is 1820. The van der Waals surface area contributed by atoms with E-state index in [9.17, 15) is 5.11 Å². The van der Waals surface area contributed by atoms with Crippen molar-refractivity contribution in [1.82, 2.24) is 4.90 Å². The molecule has 1 aliphatic carbocycles. The van der Waals surface area contributed by atoms with E-state index in [0.29, 0.717) is 12.0 Å².